The van der Waals surface area contributed by atoms with Gasteiger partial charge in [0.15, 0.2) is 6.61 Å². The first-order valence-corrected chi connectivity index (χ1v) is 7.59. The number of halogens is 3. The summed E-state index contributed by atoms with van der Waals surface area (Å²) in [5.74, 6) is -1.04. The van der Waals surface area contributed by atoms with Crippen LogP contribution in [0.5, 0.6) is 5.75 Å². The maximum absolute atomic E-state index is 12.7. The summed E-state index contributed by atoms with van der Waals surface area (Å²) in [7, 11) is 0. The van der Waals surface area contributed by atoms with Crippen LogP contribution in [-0.2, 0) is 16.0 Å². The number of hydrazine groups is 1. The van der Waals surface area contributed by atoms with E-state index in [-0.39, 0.29) is 13.0 Å². The highest BCUT2D eigenvalue weighted by molar-refractivity contribution is 6.42. The van der Waals surface area contributed by atoms with E-state index in [0.717, 1.165) is 0 Å². The van der Waals surface area contributed by atoms with Gasteiger partial charge in [0, 0.05) is 0 Å². The van der Waals surface area contributed by atoms with Crippen molar-refractivity contribution < 1.29 is 18.7 Å². The molecule has 2 aromatic carbocycles. The number of benzene rings is 2. The molecular formula is C16H13Cl2FN2O3. The number of rotatable bonds is 5. The maximum atomic E-state index is 12.7. The van der Waals surface area contributed by atoms with Gasteiger partial charge in [-0.3, -0.25) is 20.4 Å². The molecule has 2 N–H and O–H groups in total. The van der Waals surface area contributed by atoms with Crippen molar-refractivity contribution in [2.45, 2.75) is 6.42 Å². The molecule has 0 radical (unpaired) electrons. The molecule has 24 heavy (non-hydrogen) atoms. The summed E-state index contributed by atoms with van der Waals surface area (Å²) in [5, 5.41) is 0.741. The van der Waals surface area contributed by atoms with Crippen LogP contribution in [0.2, 0.25) is 10.0 Å². The predicted molar refractivity (Wildman–Crippen MR) is 88.3 cm³/mol. The van der Waals surface area contributed by atoms with Crippen LogP contribution in [0.4, 0.5) is 4.39 Å². The lowest BCUT2D eigenvalue weighted by atomic mass is 10.1. The Bertz CT molecular complexity index is 739. The van der Waals surface area contributed by atoms with E-state index < -0.39 is 17.6 Å². The molecule has 2 aromatic rings. The largest absolute Gasteiger partial charge is 0.484 e. The molecule has 0 atom stereocenters. The number of hydrogen-bond donors (Lipinski definition) is 2. The van der Waals surface area contributed by atoms with Gasteiger partial charge in [0.05, 0.1) is 16.5 Å². The summed E-state index contributed by atoms with van der Waals surface area (Å²) < 4.78 is 17.9. The molecule has 0 unspecified atom stereocenters. The molecule has 5 nitrogen and oxygen atoms in total. The van der Waals surface area contributed by atoms with Gasteiger partial charge in [-0.15, -0.1) is 0 Å². The number of amides is 2. The number of hydrogen-bond acceptors (Lipinski definition) is 3. The Morgan fingerprint density at radius 3 is 2.29 bits per heavy atom. The van der Waals surface area contributed by atoms with Crippen LogP contribution in [0.25, 0.3) is 0 Å². The Labute approximate surface area is 147 Å². The average molecular weight is 371 g/mol. The Balaban J connectivity index is 1.73. The molecule has 0 aliphatic heterocycles. The third-order valence-electron chi connectivity index (χ3n) is 2.87. The van der Waals surface area contributed by atoms with Crippen LogP contribution < -0.4 is 15.6 Å². The van der Waals surface area contributed by atoms with Gasteiger partial charge in [0.2, 0.25) is 5.91 Å². The molecule has 2 amide bonds. The second-order valence-electron chi connectivity index (χ2n) is 4.76. The van der Waals surface area contributed by atoms with Crippen molar-refractivity contribution in [2.24, 2.45) is 0 Å². The molecule has 0 saturated carbocycles. The van der Waals surface area contributed by atoms with Crippen LogP contribution in [0.3, 0.4) is 0 Å². The quantitative estimate of drug-likeness (QED) is 0.795. The SMILES string of the molecule is O=C(COc1ccc(F)cc1)NNC(=O)Cc1ccc(Cl)c(Cl)c1. The standard InChI is InChI=1S/C16H13Cl2FN2O3/c17-13-6-1-10(7-14(13)18)8-15(22)20-21-16(23)9-24-12-4-2-11(19)3-5-12/h1-7H,8-9H2,(H,20,22)(H,21,23). The molecule has 0 aliphatic rings. The average Bonchev–Trinajstić information content (AvgIpc) is 2.56. The summed E-state index contributed by atoms with van der Waals surface area (Å²) in [6.45, 7) is -0.321. The first kappa shape index (κ1) is 18.0. The molecule has 126 valence electrons. The molecule has 0 fully saturated rings. The lowest BCUT2D eigenvalue weighted by molar-refractivity contribution is -0.129. The van der Waals surface area contributed by atoms with E-state index >= 15 is 0 Å². The van der Waals surface area contributed by atoms with E-state index in [0.29, 0.717) is 21.4 Å². The fourth-order valence-electron chi connectivity index (χ4n) is 1.73. The second-order valence-corrected chi connectivity index (χ2v) is 5.58. The van der Waals surface area contributed by atoms with Gasteiger partial charge in [-0.1, -0.05) is 29.3 Å². The second kappa shape index (κ2) is 8.52. The minimum Gasteiger partial charge on any atom is -0.484 e. The van der Waals surface area contributed by atoms with Gasteiger partial charge in [-0.05, 0) is 42.0 Å². The van der Waals surface area contributed by atoms with E-state index in [1.54, 1.807) is 18.2 Å². The van der Waals surface area contributed by atoms with Gasteiger partial charge >= 0.3 is 0 Å². The molecule has 2 rings (SSSR count). The van der Waals surface area contributed by atoms with Crippen molar-refractivity contribution in [1.29, 1.82) is 0 Å². The zero-order chi connectivity index (χ0) is 17.5. The number of carbonyl (C=O) groups is 2. The van der Waals surface area contributed by atoms with Crippen molar-refractivity contribution >= 4 is 35.0 Å². The Morgan fingerprint density at radius 1 is 0.958 bits per heavy atom. The van der Waals surface area contributed by atoms with Gasteiger partial charge in [0.1, 0.15) is 11.6 Å². The normalized spacial score (nSPS) is 10.1. The summed E-state index contributed by atoms with van der Waals surface area (Å²) in [6.07, 6.45) is 0.0238. The van der Waals surface area contributed by atoms with Crippen LogP contribution in [0.15, 0.2) is 42.5 Å². The molecule has 0 aliphatic carbocycles. The Morgan fingerprint density at radius 2 is 1.62 bits per heavy atom. The minimum atomic E-state index is -0.554. The number of carbonyl (C=O) groups excluding carboxylic acids is 2. The molecule has 0 heterocycles. The van der Waals surface area contributed by atoms with Crippen molar-refractivity contribution in [3.8, 4) is 5.75 Å². The fourth-order valence-corrected chi connectivity index (χ4v) is 2.06. The highest BCUT2D eigenvalue weighted by Crippen LogP contribution is 2.22. The summed E-state index contributed by atoms with van der Waals surface area (Å²) in [4.78, 5) is 23.3. The first-order chi connectivity index (χ1) is 11.4. The summed E-state index contributed by atoms with van der Waals surface area (Å²) >= 11 is 11.7. The van der Waals surface area contributed by atoms with Crippen LogP contribution in [0, 0.1) is 5.82 Å². The fraction of sp³-hybridized carbons (Fsp3) is 0.125. The number of nitrogens with one attached hydrogen (secondary N) is 2. The van der Waals surface area contributed by atoms with E-state index in [4.69, 9.17) is 27.9 Å². The molecule has 0 spiro atoms. The van der Waals surface area contributed by atoms with E-state index in [1.807, 2.05) is 0 Å². The van der Waals surface area contributed by atoms with E-state index in [9.17, 15) is 14.0 Å². The zero-order valence-corrected chi connectivity index (χ0v) is 13.8. The lowest BCUT2D eigenvalue weighted by Crippen LogP contribution is -2.44. The summed E-state index contributed by atoms with van der Waals surface area (Å²) in [5.41, 5.74) is 5.12. The van der Waals surface area contributed by atoms with Crippen molar-refractivity contribution in [3.63, 3.8) is 0 Å². The third-order valence-corrected chi connectivity index (χ3v) is 3.61. The highest BCUT2D eigenvalue weighted by Gasteiger charge is 2.08. The summed E-state index contributed by atoms with van der Waals surface area (Å²) in [6, 6.07) is 10.0. The molecule has 0 aromatic heterocycles. The van der Waals surface area contributed by atoms with Crippen LogP contribution in [-0.4, -0.2) is 18.4 Å². The van der Waals surface area contributed by atoms with Gasteiger partial charge in [-0.25, -0.2) is 4.39 Å². The smallest absolute Gasteiger partial charge is 0.276 e. The number of ether oxygens (including phenoxy) is 1. The molecular weight excluding hydrogens is 358 g/mol. The van der Waals surface area contributed by atoms with Crippen molar-refractivity contribution in [3.05, 3.63) is 63.9 Å². The van der Waals surface area contributed by atoms with Crippen molar-refractivity contribution in [1.82, 2.24) is 10.9 Å². The van der Waals surface area contributed by atoms with Crippen molar-refractivity contribution in [2.75, 3.05) is 6.61 Å². The van der Waals surface area contributed by atoms with Crippen LogP contribution >= 0.6 is 23.2 Å². The first-order valence-electron chi connectivity index (χ1n) is 6.84. The van der Waals surface area contributed by atoms with Gasteiger partial charge < -0.3 is 4.74 Å². The Kier molecular flexibility index (Phi) is 6.40. The molecule has 0 saturated heterocycles. The predicted octanol–water partition coefficient (Wildman–Crippen LogP) is 2.90. The van der Waals surface area contributed by atoms with Gasteiger partial charge in [-0.2, -0.15) is 0 Å². The topological polar surface area (TPSA) is 67.4 Å². The Hall–Kier alpha value is -2.31. The minimum absolute atomic E-state index is 0.0238. The zero-order valence-electron chi connectivity index (χ0n) is 12.3. The molecule has 8 heteroatoms. The maximum Gasteiger partial charge on any atom is 0.276 e. The lowest BCUT2D eigenvalue weighted by Gasteiger charge is -2.09. The van der Waals surface area contributed by atoms with Crippen LogP contribution in [0.1, 0.15) is 5.56 Å². The highest BCUT2D eigenvalue weighted by atomic mass is 35.5. The van der Waals surface area contributed by atoms with Gasteiger partial charge in [0.25, 0.3) is 5.91 Å². The van der Waals surface area contributed by atoms with E-state index in [2.05, 4.69) is 10.9 Å². The molecule has 0 bridgehead atoms. The van der Waals surface area contributed by atoms with E-state index in [1.165, 1.54) is 24.3 Å². The third kappa shape index (κ3) is 5.72. The monoisotopic (exact) mass is 370 g/mol.